The predicted molar refractivity (Wildman–Crippen MR) is 142 cm³/mol. The van der Waals surface area contributed by atoms with Crippen molar-refractivity contribution in [3.8, 4) is 0 Å². The first-order valence-electron chi connectivity index (χ1n) is 12.3. The van der Waals surface area contributed by atoms with E-state index in [0.29, 0.717) is 11.1 Å². The summed E-state index contributed by atoms with van der Waals surface area (Å²) in [6.45, 7) is 12.9. The fourth-order valence-corrected chi connectivity index (χ4v) is 11.5. The molecule has 166 valence electrons. The van der Waals surface area contributed by atoms with Crippen LogP contribution in [-0.2, 0) is 0 Å². The molecule has 1 aliphatic carbocycles. The summed E-state index contributed by atoms with van der Waals surface area (Å²) in [5.74, 6) is 3.21. The van der Waals surface area contributed by atoms with Crippen LogP contribution in [0.1, 0.15) is 58.9 Å². The minimum Gasteiger partial charge on any atom is -0.0963 e. The molecule has 0 amide bonds. The fourth-order valence-electron chi connectivity index (χ4n) is 6.86. The van der Waals surface area contributed by atoms with Gasteiger partial charge in [0.25, 0.3) is 0 Å². The molecule has 0 spiro atoms. The molecule has 1 aliphatic heterocycles. The van der Waals surface area contributed by atoms with Gasteiger partial charge in [-0.25, -0.2) is 0 Å². The van der Waals surface area contributed by atoms with Gasteiger partial charge in [0.2, 0.25) is 0 Å². The van der Waals surface area contributed by atoms with E-state index in [4.69, 9.17) is 6.30 Å². The van der Waals surface area contributed by atoms with Crippen molar-refractivity contribution in [2.45, 2.75) is 59.0 Å². The summed E-state index contributed by atoms with van der Waals surface area (Å²) in [5, 5.41) is 1.54. The largest absolute Gasteiger partial charge is 0.0963 e. The SMILES string of the molecule is C=C(CC1C2CC(C)(C)C[C@H]2C(C(C)CC)CP1(=C)c1ccccc1)c1ccccc1. The molecular formula is C30H41P. The van der Waals surface area contributed by atoms with E-state index < -0.39 is 6.89 Å². The van der Waals surface area contributed by atoms with E-state index in [2.05, 4.69) is 94.9 Å². The lowest BCUT2D eigenvalue weighted by molar-refractivity contribution is 0.191. The molecule has 6 atom stereocenters. The zero-order chi connectivity index (χ0) is 22.2. The highest BCUT2D eigenvalue weighted by molar-refractivity contribution is 7.81. The first-order valence-corrected chi connectivity index (χ1v) is 14.5. The summed E-state index contributed by atoms with van der Waals surface area (Å²) in [6, 6.07) is 22.2. The molecule has 2 aromatic rings. The minimum atomic E-state index is -1.56. The van der Waals surface area contributed by atoms with Crippen molar-refractivity contribution in [3.05, 3.63) is 72.8 Å². The van der Waals surface area contributed by atoms with Crippen molar-refractivity contribution >= 4 is 24.1 Å². The third kappa shape index (κ3) is 4.39. The number of fused-ring (bicyclic) bond motifs is 1. The molecule has 5 unspecified atom stereocenters. The molecule has 1 heteroatoms. The van der Waals surface area contributed by atoms with Gasteiger partial charge in [0.15, 0.2) is 0 Å². The number of hydrogen-bond acceptors (Lipinski definition) is 0. The second-order valence-electron chi connectivity index (χ2n) is 11.2. The van der Waals surface area contributed by atoms with Crippen LogP contribution in [0.3, 0.4) is 0 Å². The average molecular weight is 433 g/mol. The first kappa shape index (κ1) is 22.7. The van der Waals surface area contributed by atoms with Crippen LogP contribution in [0.15, 0.2) is 67.2 Å². The molecule has 0 bridgehead atoms. The van der Waals surface area contributed by atoms with Crippen LogP contribution in [-0.4, -0.2) is 18.1 Å². The minimum absolute atomic E-state index is 0.444. The van der Waals surface area contributed by atoms with Crippen LogP contribution in [0.5, 0.6) is 0 Å². The Morgan fingerprint density at radius 2 is 1.58 bits per heavy atom. The Bertz CT molecular complexity index is 939. The van der Waals surface area contributed by atoms with E-state index >= 15 is 0 Å². The lowest BCUT2D eigenvalue weighted by Gasteiger charge is -2.51. The van der Waals surface area contributed by atoms with Crippen molar-refractivity contribution in [1.29, 1.82) is 0 Å². The van der Waals surface area contributed by atoms with Gasteiger partial charge in [-0.2, -0.15) is 0 Å². The van der Waals surface area contributed by atoms with Gasteiger partial charge in [-0.05, 0) is 76.6 Å². The summed E-state index contributed by atoms with van der Waals surface area (Å²) >= 11 is 0. The standard InChI is InChI=1S/C30H41P/c1-7-22(2)28-21-31(6,25-16-12-9-13-17-25)29(27-20-30(4,5)19-26(27)28)18-23(3)24-14-10-8-11-15-24/h8-17,22,26-29H,3,6-7,18-21H2,1-2,4-5H3/t22?,26-,27?,28?,29?,31?/m1/s1. The zero-order valence-electron chi connectivity index (χ0n) is 20.1. The van der Waals surface area contributed by atoms with Crippen LogP contribution < -0.4 is 5.30 Å². The Morgan fingerprint density at radius 3 is 2.19 bits per heavy atom. The van der Waals surface area contributed by atoms with Crippen LogP contribution >= 0.6 is 6.89 Å². The van der Waals surface area contributed by atoms with Crippen LogP contribution in [0.25, 0.3) is 5.57 Å². The number of benzene rings is 2. The maximum Gasteiger partial charge on any atom is -0.0106 e. The Hall–Kier alpha value is -1.52. The molecule has 4 rings (SSSR count). The molecule has 2 aromatic carbocycles. The van der Waals surface area contributed by atoms with Gasteiger partial charge in [0.1, 0.15) is 0 Å². The first-order chi connectivity index (χ1) is 14.7. The Labute approximate surface area is 191 Å². The molecule has 1 saturated heterocycles. The van der Waals surface area contributed by atoms with Gasteiger partial charge in [-0.3, -0.25) is 0 Å². The molecule has 31 heavy (non-hydrogen) atoms. The number of hydrogen-bond donors (Lipinski definition) is 0. The highest BCUT2D eigenvalue weighted by Gasteiger charge is 2.54. The molecular weight excluding hydrogens is 391 g/mol. The molecule has 0 radical (unpaired) electrons. The maximum absolute atomic E-state index is 5.17. The molecule has 2 fully saturated rings. The fraction of sp³-hybridized carbons (Fsp3) is 0.500. The normalized spacial score (nSPS) is 32.9. The summed E-state index contributed by atoms with van der Waals surface area (Å²) in [5.41, 5.74) is 3.70. The van der Waals surface area contributed by atoms with Crippen molar-refractivity contribution in [3.63, 3.8) is 0 Å². The quantitative estimate of drug-likeness (QED) is 0.406. The Balaban J connectivity index is 1.78. The highest BCUT2D eigenvalue weighted by atomic mass is 31.2. The maximum atomic E-state index is 5.17. The Morgan fingerprint density at radius 1 is 1.00 bits per heavy atom. The molecule has 0 aromatic heterocycles. The smallest absolute Gasteiger partial charge is 0.0106 e. The third-order valence-corrected chi connectivity index (χ3v) is 12.9. The van der Waals surface area contributed by atoms with Crippen molar-refractivity contribution < 1.29 is 0 Å². The van der Waals surface area contributed by atoms with Crippen LogP contribution in [0.4, 0.5) is 0 Å². The number of allylic oxidation sites excluding steroid dienone is 1. The summed E-state index contributed by atoms with van der Waals surface area (Å²) in [4.78, 5) is 0. The van der Waals surface area contributed by atoms with E-state index in [-0.39, 0.29) is 0 Å². The lowest BCUT2D eigenvalue weighted by atomic mass is 9.74. The van der Waals surface area contributed by atoms with Crippen LogP contribution in [0, 0.1) is 29.1 Å². The second kappa shape index (κ2) is 8.78. The van der Waals surface area contributed by atoms with E-state index in [1.807, 2.05) is 0 Å². The van der Waals surface area contributed by atoms with Gasteiger partial charge in [-0.1, -0.05) is 115 Å². The van der Waals surface area contributed by atoms with Gasteiger partial charge in [0.05, 0.1) is 0 Å². The number of rotatable bonds is 6. The highest BCUT2D eigenvalue weighted by Crippen LogP contribution is 2.68. The second-order valence-corrected chi connectivity index (χ2v) is 14.9. The van der Waals surface area contributed by atoms with Gasteiger partial charge in [0, 0.05) is 0 Å². The summed E-state index contributed by atoms with van der Waals surface area (Å²) < 4.78 is 0. The summed E-state index contributed by atoms with van der Waals surface area (Å²) in [6.07, 6.45) is 11.6. The molecule has 1 heterocycles. The van der Waals surface area contributed by atoms with Gasteiger partial charge >= 0.3 is 0 Å². The van der Waals surface area contributed by atoms with E-state index in [0.717, 1.165) is 30.1 Å². The third-order valence-electron chi connectivity index (χ3n) is 8.62. The summed E-state index contributed by atoms with van der Waals surface area (Å²) in [7, 11) is 0. The Kier molecular flexibility index (Phi) is 6.42. The molecule has 0 N–H and O–H groups in total. The molecule has 2 aliphatic rings. The van der Waals surface area contributed by atoms with E-state index in [9.17, 15) is 0 Å². The zero-order valence-corrected chi connectivity index (χ0v) is 21.0. The van der Waals surface area contributed by atoms with Crippen molar-refractivity contribution in [2.75, 3.05) is 6.16 Å². The van der Waals surface area contributed by atoms with Crippen LogP contribution in [0.2, 0.25) is 0 Å². The van der Waals surface area contributed by atoms with Gasteiger partial charge < -0.3 is 0 Å². The molecule has 0 nitrogen and oxygen atoms in total. The topological polar surface area (TPSA) is 0 Å². The molecule has 1 saturated carbocycles. The van der Waals surface area contributed by atoms with Gasteiger partial charge in [-0.15, -0.1) is 0 Å². The monoisotopic (exact) mass is 432 g/mol. The van der Waals surface area contributed by atoms with E-state index in [1.54, 1.807) is 0 Å². The van der Waals surface area contributed by atoms with Crippen molar-refractivity contribution in [1.82, 2.24) is 0 Å². The van der Waals surface area contributed by atoms with E-state index in [1.165, 1.54) is 41.9 Å². The lowest BCUT2D eigenvalue weighted by Crippen LogP contribution is -2.42. The predicted octanol–water partition coefficient (Wildman–Crippen LogP) is 7.96. The average Bonchev–Trinajstić information content (AvgIpc) is 3.11. The van der Waals surface area contributed by atoms with Crippen molar-refractivity contribution in [2.24, 2.45) is 29.1 Å².